The highest BCUT2D eigenvalue weighted by atomic mass is 35.5. The van der Waals surface area contributed by atoms with Crippen molar-refractivity contribution >= 4 is 35.0 Å². The van der Waals surface area contributed by atoms with Crippen LogP contribution in [0.15, 0.2) is 28.7 Å². The molecular weight excluding hydrogens is 254 g/mol. The Hall–Kier alpha value is -1.68. The van der Waals surface area contributed by atoms with Crippen molar-refractivity contribution < 1.29 is 13.9 Å². The van der Waals surface area contributed by atoms with Gasteiger partial charge in [0.05, 0.1) is 13.0 Å². The summed E-state index contributed by atoms with van der Waals surface area (Å²) in [6, 6.07) is 7.39. The molecule has 0 unspecified atom stereocenters. The van der Waals surface area contributed by atoms with E-state index in [0.717, 1.165) is 16.7 Å². The molecule has 1 heterocycles. The number of anilines is 1. The van der Waals surface area contributed by atoms with Crippen molar-refractivity contribution in [3.05, 3.63) is 30.0 Å². The van der Waals surface area contributed by atoms with Crippen molar-refractivity contribution in [3.63, 3.8) is 0 Å². The number of fused-ring (bicyclic) bond motifs is 1. The van der Waals surface area contributed by atoms with Gasteiger partial charge < -0.3 is 14.9 Å². The van der Waals surface area contributed by atoms with Gasteiger partial charge in [-0.1, -0.05) is 0 Å². The summed E-state index contributed by atoms with van der Waals surface area (Å²) in [4.78, 5) is 11.2. The van der Waals surface area contributed by atoms with E-state index in [2.05, 4.69) is 0 Å². The summed E-state index contributed by atoms with van der Waals surface area (Å²) in [5.41, 5.74) is 7.17. The number of rotatable bonds is 4. The molecule has 98 valence electrons. The third-order valence-corrected chi connectivity index (χ3v) is 2.47. The van der Waals surface area contributed by atoms with Crippen molar-refractivity contribution in [1.82, 2.24) is 0 Å². The topological polar surface area (TPSA) is 65.5 Å². The monoisotopic (exact) mass is 269 g/mol. The normalized spacial score (nSPS) is 10.1. The molecule has 2 N–H and O–H groups in total. The maximum atomic E-state index is 11.2. The number of hydrogen-bond acceptors (Lipinski definition) is 4. The highest BCUT2D eigenvalue weighted by Crippen LogP contribution is 2.22. The SMILES string of the molecule is CCOC(=O)CCc1cc2cc(N)ccc2o1.Cl. The van der Waals surface area contributed by atoms with E-state index in [1.165, 1.54) is 0 Å². The lowest BCUT2D eigenvalue weighted by Crippen LogP contribution is -2.04. The highest BCUT2D eigenvalue weighted by molar-refractivity contribution is 5.85. The average Bonchev–Trinajstić information content (AvgIpc) is 2.68. The second-order valence-electron chi connectivity index (χ2n) is 3.81. The second kappa shape index (κ2) is 6.31. The summed E-state index contributed by atoms with van der Waals surface area (Å²) in [5, 5.41) is 0.962. The number of esters is 1. The third kappa shape index (κ3) is 3.40. The summed E-state index contributed by atoms with van der Waals surface area (Å²) in [5.74, 6) is 0.575. The minimum absolute atomic E-state index is 0. The summed E-state index contributed by atoms with van der Waals surface area (Å²) in [6.45, 7) is 2.21. The van der Waals surface area contributed by atoms with E-state index in [9.17, 15) is 4.79 Å². The van der Waals surface area contributed by atoms with Gasteiger partial charge in [0.1, 0.15) is 11.3 Å². The molecule has 0 amide bonds. The van der Waals surface area contributed by atoms with Crippen LogP contribution in [-0.4, -0.2) is 12.6 Å². The molecule has 0 aliphatic rings. The van der Waals surface area contributed by atoms with Crippen molar-refractivity contribution in [2.75, 3.05) is 12.3 Å². The van der Waals surface area contributed by atoms with Gasteiger partial charge >= 0.3 is 5.97 Å². The zero-order valence-electron chi connectivity index (χ0n) is 10.1. The molecule has 0 spiro atoms. The van der Waals surface area contributed by atoms with Crippen LogP contribution in [0.2, 0.25) is 0 Å². The Morgan fingerprint density at radius 3 is 2.89 bits per heavy atom. The summed E-state index contributed by atoms with van der Waals surface area (Å²) >= 11 is 0. The Kier molecular flexibility index (Phi) is 5.04. The van der Waals surface area contributed by atoms with Crippen LogP contribution in [0.25, 0.3) is 11.0 Å². The molecule has 1 aromatic carbocycles. The lowest BCUT2D eigenvalue weighted by molar-refractivity contribution is -0.143. The number of nitrogens with two attached hydrogens (primary N) is 1. The van der Waals surface area contributed by atoms with E-state index in [0.29, 0.717) is 25.1 Å². The minimum Gasteiger partial charge on any atom is -0.466 e. The first kappa shape index (κ1) is 14.4. The molecule has 0 bridgehead atoms. The molecule has 0 fully saturated rings. The van der Waals surface area contributed by atoms with Crippen LogP contribution in [0.1, 0.15) is 19.1 Å². The van der Waals surface area contributed by atoms with Crippen LogP contribution < -0.4 is 5.73 Å². The van der Waals surface area contributed by atoms with Gasteiger partial charge in [-0.3, -0.25) is 4.79 Å². The fourth-order valence-corrected chi connectivity index (χ4v) is 1.70. The zero-order chi connectivity index (χ0) is 12.3. The number of benzene rings is 1. The molecule has 0 saturated heterocycles. The van der Waals surface area contributed by atoms with Crippen LogP contribution in [0.5, 0.6) is 0 Å². The Morgan fingerprint density at radius 1 is 1.39 bits per heavy atom. The van der Waals surface area contributed by atoms with Crippen LogP contribution in [0.3, 0.4) is 0 Å². The van der Waals surface area contributed by atoms with Crippen LogP contribution in [-0.2, 0) is 16.0 Å². The standard InChI is InChI=1S/C13H15NO3.ClH/c1-2-16-13(15)6-4-11-8-9-7-10(14)3-5-12(9)17-11;/h3,5,7-8H,2,4,6,14H2,1H3;1H. The lowest BCUT2D eigenvalue weighted by atomic mass is 10.2. The van der Waals surface area contributed by atoms with Gasteiger partial charge in [-0.2, -0.15) is 0 Å². The number of carbonyl (C=O) groups excluding carboxylic acids is 1. The highest BCUT2D eigenvalue weighted by Gasteiger charge is 2.07. The largest absolute Gasteiger partial charge is 0.466 e. The van der Waals surface area contributed by atoms with E-state index in [1.54, 1.807) is 13.0 Å². The van der Waals surface area contributed by atoms with E-state index in [-0.39, 0.29) is 18.4 Å². The summed E-state index contributed by atoms with van der Waals surface area (Å²) in [7, 11) is 0. The lowest BCUT2D eigenvalue weighted by Gasteiger charge is -1.98. The van der Waals surface area contributed by atoms with E-state index >= 15 is 0 Å². The maximum absolute atomic E-state index is 11.2. The van der Waals surface area contributed by atoms with Crippen LogP contribution in [0, 0.1) is 0 Å². The number of ether oxygens (including phenoxy) is 1. The van der Waals surface area contributed by atoms with Gasteiger partial charge in [0, 0.05) is 17.5 Å². The van der Waals surface area contributed by atoms with Gasteiger partial charge in [0.2, 0.25) is 0 Å². The third-order valence-electron chi connectivity index (χ3n) is 2.47. The van der Waals surface area contributed by atoms with Gasteiger partial charge in [0.15, 0.2) is 0 Å². The molecule has 2 rings (SSSR count). The van der Waals surface area contributed by atoms with Crippen LogP contribution >= 0.6 is 12.4 Å². The zero-order valence-corrected chi connectivity index (χ0v) is 11.0. The number of furan rings is 1. The first-order valence-corrected chi connectivity index (χ1v) is 5.62. The Bertz CT molecular complexity index is 536. The number of nitrogen functional groups attached to an aromatic ring is 1. The summed E-state index contributed by atoms with van der Waals surface area (Å²) < 4.78 is 10.4. The molecule has 5 heteroatoms. The van der Waals surface area contributed by atoms with Gasteiger partial charge in [-0.05, 0) is 31.2 Å². The van der Waals surface area contributed by atoms with Crippen molar-refractivity contribution in [1.29, 1.82) is 0 Å². The smallest absolute Gasteiger partial charge is 0.306 e. The molecule has 4 nitrogen and oxygen atoms in total. The van der Waals surface area contributed by atoms with Gasteiger partial charge in [0.25, 0.3) is 0 Å². The molecule has 0 atom stereocenters. The van der Waals surface area contributed by atoms with E-state index < -0.39 is 0 Å². The first-order chi connectivity index (χ1) is 8.19. The molecule has 0 aliphatic carbocycles. The molecular formula is C13H16ClNO3. The maximum Gasteiger partial charge on any atom is 0.306 e. The van der Waals surface area contributed by atoms with Gasteiger partial charge in [-0.15, -0.1) is 12.4 Å². The molecule has 0 radical (unpaired) electrons. The number of carbonyl (C=O) groups is 1. The Balaban J connectivity index is 0.00000162. The van der Waals surface area contributed by atoms with Crippen molar-refractivity contribution in [2.45, 2.75) is 19.8 Å². The Labute approximate surface area is 112 Å². The van der Waals surface area contributed by atoms with Gasteiger partial charge in [-0.25, -0.2) is 0 Å². The Morgan fingerprint density at radius 2 is 2.17 bits per heavy atom. The fraction of sp³-hybridized carbons (Fsp3) is 0.308. The molecule has 18 heavy (non-hydrogen) atoms. The minimum atomic E-state index is -0.201. The van der Waals surface area contributed by atoms with E-state index in [4.69, 9.17) is 14.9 Å². The summed E-state index contributed by atoms with van der Waals surface area (Å²) in [6.07, 6.45) is 0.885. The first-order valence-electron chi connectivity index (χ1n) is 5.62. The fourth-order valence-electron chi connectivity index (χ4n) is 1.70. The number of hydrogen-bond donors (Lipinski definition) is 1. The predicted octanol–water partition coefficient (Wildman–Crippen LogP) is 2.93. The molecule has 0 saturated carbocycles. The average molecular weight is 270 g/mol. The van der Waals surface area contributed by atoms with E-state index in [1.807, 2.05) is 18.2 Å². The molecule has 0 aliphatic heterocycles. The quantitative estimate of drug-likeness (QED) is 0.685. The van der Waals surface area contributed by atoms with Crippen LogP contribution in [0.4, 0.5) is 5.69 Å². The van der Waals surface area contributed by atoms with Crippen molar-refractivity contribution in [3.8, 4) is 0 Å². The predicted molar refractivity (Wildman–Crippen MR) is 72.8 cm³/mol. The molecule has 2 aromatic rings. The number of halogens is 1. The number of aryl methyl sites for hydroxylation is 1. The van der Waals surface area contributed by atoms with Crippen molar-refractivity contribution in [2.24, 2.45) is 0 Å². The molecule has 1 aromatic heterocycles. The second-order valence-corrected chi connectivity index (χ2v) is 3.81.